The van der Waals surface area contributed by atoms with Crippen molar-refractivity contribution in [2.45, 2.75) is 45.3 Å². The third kappa shape index (κ3) is 4.36. The highest BCUT2D eigenvalue weighted by Gasteiger charge is 2.50. The molecule has 1 atom stereocenters. The van der Waals surface area contributed by atoms with Gasteiger partial charge in [0, 0.05) is 36.5 Å². The van der Waals surface area contributed by atoms with E-state index in [1.165, 1.54) is 15.5 Å². The fourth-order valence-corrected chi connectivity index (χ4v) is 5.74. The molecule has 0 spiro atoms. The smallest absolute Gasteiger partial charge is 0.357 e. The third-order valence-corrected chi connectivity index (χ3v) is 7.88. The summed E-state index contributed by atoms with van der Waals surface area (Å²) in [6, 6.07) is 0.936. The van der Waals surface area contributed by atoms with Crippen LogP contribution >= 0.6 is 0 Å². The van der Waals surface area contributed by atoms with E-state index in [-0.39, 0.29) is 18.8 Å². The summed E-state index contributed by atoms with van der Waals surface area (Å²) in [4.78, 5) is 27.2. The number of aromatic nitrogens is 3. The van der Waals surface area contributed by atoms with Gasteiger partial charge >= 0.3 is 11.9 Å². The van der Waals surface area contributed by atoms with E-state index in [9.17, 15) is 18.0 Å². The predicted molar refractivity (Wildman–Crippen MR) is 120 cm³/mol. The summed E-state index contributed by atoms with van der Waals surface area (Å²) >= 11 is 0. The number of rotatable bonds is 7. The zero-order chi connectivity index (χ0) is 25.1. The monoisotopic (exact) mass is 503 g/mol. The van der Waals surface area contributed by atoms with E-state index in [2.05, 4.69) is 15.0 Å². The number of hydrogen-bond donors (Lipinski definition) is 1. The van der Waals surface area contributed by atoms with Crippen molar-refractivity contribution in [3.8, 4) is 0 Å². The summed E-state index contributed by atoms with van der Waals surface area (Å²) < 4.78 is 51.5. The molecule has 184 valence electrons. The number of hydrogen-bond acceptors (Lipinski definition) is 7. The highest BCUT2D eigenvalue weighted by molar-refractivity contribution is 7.93. The van der Waals surface area contributed by atoms with Gasteiger partial charge in [0.1, 0.15) is 28.9 Å². The second-order valence-corrected chi connectivity index (χ2v) is 11.0. The average Bonchev–Trinajstić information content (AvgIpc) is 3.14. The number of nitrogens with zero attached hydrogens (tertiary/aromatic N) is 5. The molecule has 0 bridgehead atoms. The normalized spacial score (nSPS) is 21.7. The quantitative estimate of drug-likeness (QED) is 0.569. The van der Waals surface area contributed by atoms with Crippen LogP contribution in [0.15, 0.2) is 45.9 Å². The number of urea groups is 1. The molecule has 1 saturated carbocycles. The molecule has 0 radical (unpaired) electrons. The minimum atomic E-state index is -4.22. The summed E-state index contributed by atoms with van der Waals surface area (Å²) in [5, 5.41) is 7.88. The Bertz CT molecular complexity index is 1450. The highest BCUT2D eigenvalue weighted by Crippen LogP contribution is 2.38. The molecule has 2 aromatic rings. The van der Waals surface area contributed by atoms with E-state index in [1.807, 2.05) is 0 Å². The number of aryl methyl sites for hydroxylation is 2. The summed E-state index contributed by atoms with van der Waals surface area (Å²) in [6.07, 6.45) is 6.48. The molecule has 5 rings (SSSR count). The number of nitrogens with one attached hydrogen (secondary N) is 1. The maximum absolute atomic E-state index is 15.2. The van der Waals surface area contributed by atoms with E-state index < -0.39 is 44.2 Å². The zero-order valence-electron chi connectivity index (χ0n) is 19.4. The van der Waals surface area contributed by atoms with E-state index >= 15 is 4.39 Å². The molecule has 3 aliphatic rings. The van der Waals surface area contributed by atoms with Crippen molar-refractivity contribution in [3.05, 3.63) is 58.4 Å². The molecular formula is C22H24FN6O5S+. The Balaban J connectivity index is 1.58. The molecule has 2 aromatic heterocycles. The zero-order valence-corrected chi connectivity index (χ0v) is 20.2. The van der Waals surface area contributed by atoms with Crippen molar-refractivity contribution >= 4 is 27.7 Å². The fraction of sp³-hybridized carbons (Fsp3) is 0.409. The summed E-state index contributed by atoms with van der Waals surface area (Å²) in [5.41, 5.74) is 0.600. The molecule has 1 N–H and O–H groups in total. The first kappa shape index (κ1) is 23.3. The van der Waals surface area contributed by atoms with Gasteiger partial charge in [-0.2, -0.15) is 19.4 Å². The summed E-state index contributed by atoms with van der Waals surface area (Å²) in [5.74, 6) is -2.57. The van der Waals surface area contributed by atoms with Gasteiger partial charge in [-0.25, -0.2) is 22.3 Å². The Hall–Kier alpha value is -3.45. The number of amides is 3. The van der Waals surface area contributed by atoms with Crippen LogP contribution in [0.3, 0.4) is 0 Å². The second kappa shape index (κ2) is 8.05. The van der Waals surface area contributed by atoms with Gasteiger partial charge in [0.15, 0.2) is 12.3 Å². The lowest BCUT2D eigenvalue weighted by Crippen LogP contribution is -2.54. The topological polar surface area (TPSA) is 130 Å². The molecule has 0 saturated heterocycles. The van der Waals surface area contributed by atoms with Crippen molar-refractivity contribution in [3.63, 3.8) is 0 Å². The molecule has 1 fully saturated rings. The molecule has 13 heteroatoms. The van der Waals surface area contributed by atoms with Crippen molar-refractivity contribution in [2.75, 3.05) is 0 Å². The van der Waals surface area contributed by atoms with Crippen LogP contribution in [0.5, 0.6) is 0 Å². The molecule has 3 heterocycles. The highest BCUT2D eigenvalue weighted by atomic mass is 32.2. The van der Waals surface area contributed by atoms with Crippen LogP contribution in [0.25, 0.3) is 0 Å². The minimum absolute atomic E-state index is 0.0329. The average molecular weight is 504 g/mol. The van der Waals surface area contributed by atoms with Crippen molar-refractivity contribution < 1.29 is 31.5 Å². The number of halogens is 1. The fourth-order valence-electron chi connectivity index (χ4n) is 4.14. The Morgan fingerprint density at radius 3 is 2.69 bits per heavy atom. The number of imide groups is 1. The molecular weight excluding hydrogens is 479 g/mol. The first-order valence-electron chi connectivity index (χ1n) is 11.0. The lowest BCUT2D eigenvalue weighted by atomic mass is 9.93. The Morgan fingerprint density at radius 2 is 2.09 bits per heavy atom. The standard InChI is InChI=1S/C22H24FN6O5S/c1-13-6-15(34-25-13)12-28-18-8-17(23)19(35(32,33)26-22(2)4-5-22)7-16(18)20(30)29(21(28)31)11-14-9-24-27(3)10-14/h6-10,16,26H,4-5,11-12H2,1-3H3/q+1. The number of allylic oxidation sites excluding steroid dienone is 2. The first-order chi connectivity index (χ1) is 16.5. The Morgan fingerprint density at radius 1 is 1.34 bits per heavy atom. The largest absolute Gasteiger partial charge is 0.501 e. The number of carbonyl (C=O) groups is 2. The van der Waals surface area contributed by atoms with Gasteiger partial charge < -0.3 is 4.52 Å². The van der Waals surface area contributed by atoms with Crippen LogP contribution < -0.4 is 4.72 Å². The van der Waals surface area contributed by atoms with Gasteiger partial charge in [0.25, 0.3) is 0 Å². The van der Waals surface area contributed by atoms with E-state index in [0.29, 0.717) is 29.9 Å². The molecule has 0 aromatic carbocycles. The van der Waals surface area contributed by atoms with Gasteiger partial charge in [0.05, 0.1) is 11.9 Å². The van der Waals surface area contributed by atoms with Crippen LogP contribution in [0.2, 0.25) is 0 Å². The number of sulfonamides is 1. The van der Waals surface area contributed by atoms with Gasteiger partial charge in [-0.15, -0.1) is 0 Å². The lowest BCUT2D eigenvalue weighted by Gasteiger charge is -2.28. The summed E-state index contributed by atoms with van der Waals surface area (Å²) in [6.45, 7) is 3.25. The number of carbonyl (C=O) groups excluding carboxylic acids is 2. The maximum atomic E-state index is 15.2. The number of fused-ring (bicyclic) bond motifs is 1. The van der Waals surface area contributed by atoms with Crippen molar-refractivity contribution in [1.29, 1.82) is 0 Å². The van der Waals surface area contributed by atoms with E-state index in [0.717, 1.165) is 17.1 Å². The maximum Gasteiger partial charge on any atom is 0.501 e. The minimum Gasteiger partial charge on any atom is -0.357 e. The van der Waals surface area contributed by atoms with Crippen LogP contribution in [0.4, 0.5) is 9.18 Å². The third-order valence-electron chi connectivity index (χ3n) is 6.21. The van der Waals surface area contributed by atoms with Crippen LogP contribution in [0.1, 0.15) is 36.8 Å². The second-order valence-electron chi connectivity index (χ2n) is 9.34. The molecule has 1 aliphatic heterocycles. The summed E-state index contributed by atoms with van der Waals surface area (Å²) in [7, 11) is -2.52. The lowest BCUT2D eigenvalue weighted by molar-refractivity contribution is -0.459. The first-order valence-corrected chi connectivity index (χ1v) is 12.5. The van der Waals surface area contributed by atoms with Gasteiger partial charge in [0.2, 0.25) is 10.0 Å². The predicted octanol–water partition coefficient (Wildman–Crippen LogP) is 1.67. The van der Waals surface area contributed by atoms with E-state index in [4.69, 9.17) is 4.52 Å². The Kier molecular flexibility index (Phi) is 5.36. The van der Waals surface area contributed by atoms with Crippen molar-refractivity contribution in [1.82, 2.24) is 24.6 Å². The Labute approximate surface area is 200 Å². The van der Waals surface area contributed by atoms with Gasteiger partial charge in [-0.1, -0.05) is 5.16 Å². The van der Waals surface area contributed by atoms with Crippen LogP contribution in [0, 0.1) is 12.8 Å². The van der Waals surface area contributed by atoms with Crippen LogP contribution in [-0.4, -0.2) is 56.0 Å². The molecule has 2 aliphatic carbocycles. The van der Waals surface area contributed by atoms with Crippen LogP contribution in [-0.2, 0) is 35.0 Å². The SMILES string of the molecule is Cc1cc(C[N+]2=C3C=C(F)C(S(=O)(=O)NC4(C)CC4)=CC3C(=O)N(Cc3cnn(C)c3)C2=O)on1. The van der Waals surface area contributed by atoms with Gasteiger partial charge in [-0.05, 0) is 32.8 Å². The molecule has 1 unspecified atom stereocenters. The molecule has 3 amide bonds. The molecule has 11 nitrogen and oxygen atoms in total. The molecule has 35 heavy (non-hydrogen) atoms. The van der Waals surface area contributed by atoms with Gasteiger partial charge in [-0.3, -0.25) is 4.68 Å². The van der Waals surface area contributed by atoms with E-state index in [1.54, 1.807) is 33.2 Å². The van der Waals surface area contributed by atoms with Crippen molar-refractivity contribution in [2.24, 2.45) is 13.0 Å².